The zero-order valence-corrected chi connectivity index (χ0v) is 9.50. The summed E-state index contributed by atoms with van der Waals surface area (Å²) in [5.41, 5.74) is 1.62. The third kappa shape index (κ3) is 2.48. The van der Waals surface area contributed by atoms with Gasteiger partial charge in [-0.3, -0.25) is 0 Å². The number of rotatable bonds is 2. The van der Waals surface area contributed by atoms with E-state index < -0.39 is 9.73 Å². The van der Waals surface area contributed by atoms with Crippen molar-refractivity contribution < 1.29 is 4.21 Å². The first kappa shape index (κ1) is 10.4. The molecule has 1 aromatic carbocycles. The van der Waals surface area contributed by atoms with Gasteiger partial charge >= 0.3 is 0 Å². The Balaban J connectivity index is 2.27. The van der Waals surface area contributed by atoms with Crippen molar-refractivity contribution in [1.29, 1.82) is 0 Å². The van der Waals surface area contributed by atoms with Crippen LogP contribution in [0.1, 0.15) is 18.4 Å². The van der Waals surface area contributed by atoms with Gasteiger partial charge in [0, 0.05) is 17.1 Å². The van der Waals surface area contributed by atoms with Gasteiger partial charge in [0.1, 0.15) is 0 Å². The fourth-order valence-electron chi connectivity index (χ4n) is 1.73. The van der Waals surface area contributed by atoms with Gasteiger partial charge in [0.15, 0.2) is 0 Å². The monoisotopic (exact) mass is 221 g/mol. The maximum Gasteiger partial charge on any atom is 0.0730 e. The molecule has 0 N–H and O–H groups in total. The Morgan fingerprint density at radius 3 is 2.40 bits per heavy atom. The molecule has 0 spiro atoms. The Labute approximate surface area is 91.2 Å². The standard InChI is InChI=1S/C12H15NOS/c1-11(12-7-3-2-4-8-12)13-15(14)9-5-6-10-15/h2-4,7-8H,1,5-6,9-10H2. The van der Waals surface area contributed by atoms with Gasteiger partial charge < -0.3 is 0 Å². The lowest BCUT2D eigenvalue weighted by Crippen LogP contribution is -2.00. The van der Waals surface area contributed by atoms with Crippen LogP contribution in [-0.4, -0.2) is 15.7 Å². The fourth-order valence-corrected chi connectivity index (χ4v) is 3.94. The van der Waals surface area contributed by atoms with Crippen LogP contribution in [0.5, 0.6) is 0 Å². The highest BCUT2D eigenvalue weighted by Crippen LogP contribution is 2.20. The van der Waals surface area contributed by atoms with Crippen LogP contribution in [0.2, 0.25) is 0 Å². The third-order valence-corrected chi connectivity index (χ3v) is 4.97. The van der Waals surface area contributed by atoms with Crippen molar-refractivity contribution in [2.24, 2.45) is 4.36 Å². The minimum Gasteiger partial charge on any atom is -0.249 e. The van der Waals surface area contributed by atoms with Crippen LogP contribution in [0.3, 0.4) is 0 Å². The average molecular weight is 221 g/mol. The molecule has 1 heterocycles. The largest absolute Gasteiger partial charge is 0.249 e. The lowest BCUT2D eigenvalue weighted by molar-refractivity contribution is 0.681. The first-order chi connectivity index (χ1) is 7.20. The molecule has 3 heteroatoms. The van der Waals surface area contributed by atoms with Gasteiger partial charge in [-0.05, 0) is 12.8 Å². The lowest BCUT2D eigenvalue weighted by atomic mass is 10.2. The van der Waals surface area contributed by atoms with Crippen molar-refractivity contribution in [3.8, 4) is 0 Å². The zero-order chi connectivity index (χ0) is 10.7. The molecule has 1 saturated heterocycles. The quantitative estimate of drug-likeness (QED) is 0.755. The molecule has 80 valence electrons. The molecular weight excluding hydrogens is 206 g/mol. The molecule has 0 aromatic heterocycles. The summed E-state index contributed by atoms with van der Waals surface area (Å²) in [6, 6.07) is 9.73. The third-order valence-electron chi connectivity index (χ3n) is 2.56. The van der Waals surface area contributed by atoms with Crippen molar-refractivity contribution in [3.05, 3.63) is 42.5 Å². The summed E-state index contributed by atoms with van der Waals surface area (Å²) in [5.74, 6) is 1.47. The molecule has 15 heavy (non-hydrogen) atoms. The normalized spacial score (nSPS) is 18.7. The molecule has 0 amide bonds. The molecule has 0 unspecified atom stereocenters. The lowest BCUT2D eigenvalue weighted by Gasteiger charge is -2.03. The second kappa shape index (κ2) is 4.19. The SMILES string of the molecule is C=C(N=S1(=O)CCCC1)c1ccccc1. The number of nitrogens with zero attached hydrogens (tertiary/aromatic N) is 1. The summed E-state index contributed by atoms with van der Waals surface area (Å²) in [6.07, 6.45) is 2.06. The maximum atomic E-state index is 12.1. The van der Waals surface area contributed by atoms with Crippen molar-refractivity contribution in [2.75, 3.05) is 11.5 Å². The number of hydrogen-bond donors (Lipinski definition) is 0. The molecule has 2 nitrogen and oxygen atoms in total. The Morgan fingerprint density at radius 1 is 1.20 bits per heavy atom. The number of hydrogen-bond acceptors (Lipinski definition) is 2. The van der Waals surface area contributed by atoms with Crippen molar-refractivity contribution >= 4 is 15.4 Å². The Kier molecular flexibility index (Phi) is 2.91. The Morgan fingerprint density at radius 2 is 1.80 bits per heavy atom. The Bertz CT molecular complexity index is 458. The fraction of sp³-hybridized carbons (Fsp3) is 0.333. The summed E-state index contributed by atoms with van der Waals surface area (Å²) in [7, 11) is -1.98. The molecule has 0 bridgehead atoms. The summed E-state index contributed by atoms with van der Waals surface area (Å²) in [6.45, 7) is 3.89. The van der Waals surface area contributed by atoms with E-state index in [9.17, 15) is 4.21 Å². The summed E-state index contributed by atoms with van der Waals surface area (Å²) < 4.78 is 16.5. The first-order valence-corrected chi connectivity index (χ1v) is 7.02. The van der Waals surface area contributed by atoms with E-state index in [0.29, 0.717) is 5.70 Å². The van der Waals surface area contributed by atoms with Crippen molar-refractivity contribution in [3.63, 3.8) is 0 Å². The van der Waals surface area contributed by atoms with Gasteiger partial charge in [0.25, 0.3) is 0 Å². The van der Waals surface area contributed by atoms with E-state index in [1.807, 2.05) is 30.3 Å². The van der Waals surface area contributed by atoms with Crippen LogP contribution in [0.15, 0.2) is 41.3 Å². The van der Waals surface area contributed by atoms with Gasteiger partial charge in [-0.25, -0.2) is 4.21 Å². The van der Waals surface area contributed by atoms with Crippen LogP contribution in [-0.2, 0) is 9.73 Å². The van der Waals surface area contributed by atoms with Gasteiger partial charge in [0.05, 0.1) is 15.4 Å². The minimum absolute atomic E-state index is 0.655. The van der Waals surface area contributed by atoms with Gasteiger partial charge in [-0.15, -0.1) is 0 Å². The van der Waals surface area contributed by atoms with Crippen LogP contribution >= 0.6 is 0 Å². The molecule has 0 atom stereocenters. The van der Waals surface area contributed by atoms with Crippen LogP contribution < -0.4 is 0 Å². The topological polar surface area (TPSA) is 29.4 Å². The van der Waals surface area contributed by atoms with E-state index in [4.69, 9.17) is 0 Å². The second-order valence-corrected chi connectivity index (χ2v) is 6.34. The highest BCUT2D eigenvalue weighted by molar-refractivity contribution is 7.94. The smallest absolute Gasteiger partial charge is 0.0730 e. The predicted molar refractivity (Wildman–Crippen MR) is 65.0 cm³/mol. The van der Waals surface area contributed by atoms with Gasteiger partial charge in [0.2, 0.25) is 0 Å². The number of benzene rings is 1. The van der Waals surface area contributed by atoms with Crippen LogP contribution in [0, 0.1) is 0 Å². The zero-order valence-electron chi connectivity index (χ0n) is 8.69. The summed E-state index contributed by atoms with van der Waals surface area (Å²) >= 11 is 0. The minimum atomic E-state index is -1.98. The predicted octanol–water partition coefficient (Wildman–Crippen LogP) is 2.92. The molecule has 2 rings (SSSR count). The molecule has 0 radical (unpaired) electrons. The maximum absolute atomic E-state index is 12.1. The molecule has 1 aliphatic rings. The van der Waals surface area contributed by atoms with Crippen LogP contribution in [0.25, 0.3) is 5.70 Å². The molecule has 1 fully saturated rings. The van der Waals surface area contributed by atoms with E-state index >= 15 is 0 Å². The van der Waals surface area contributed by atoms with E-state index in [-0.39, 0.29) is 0 Å². The molecular formula is C12H15NOS. The van der Waals surface area contributed by atoms with Crippen molar-refractivity contribution in [2.45, 2.75) is 12.8 Å². The summed E-state index contributed by atoms with van der Waals surface area (Å²) in [5, 5.41) is 0. The second-order valence-electron chi connectivity index (χ2n) is 3.79. The molecule has 1 aromatic rings. The van der Waals surface area contributed by atoms with E-state index in [1.54, 1.807) is 0 Å². The molecule has 0 aliphatic carbocycles. The highest BCUT2D eigenvalue weighted by atomic mass is 32.2. The summed E-state index contributed by atoms with van der Waals surface area (Å²) in [4.78, 5) is 0. The van der Waals surface area contributed by atoms with Crippen LogP contribution in [0.4, 0.5) is 0 Å². The van der Waals surface area contributed by atoms with Crippen molar-refractivity contribution in [1.82, 2.24) is 0 Å². The highest BCUT2D eigenvalue weighted by Gasteiger charge is 2.16. The average Bonchev–Trinajstić information content (AvgIpc) is 2.66. The Hall–Kier alpha value is -1.09. The molecule has 1 aliphatic heterocycles. The van der Waals surface area contributed by atoms with E-state index in [1.165, 1.54) is 0 Å². The van der Waals surface area contributed by atoms with Gasteiger partial charge in [-0.2, -0.15) is 4.36 Å². The first-order valence-electron chi connectivity index (χ1n) is 5.16. The molecule has 0 saturated carbocycles. The van der Waals surface area contributed by atoms with E-state index in [0.717, 1.165) is 29.9 Å². The van der Waals surface area contributed by atoms with Gasteiger partial charge in [-0.1, -0.05) is 36.9 Å². The van der Waals surface area contributed by atoms with E-state index in [2.05, 4.69) is 10.9 Å².